The van der Waals surface area contributed by atoms with Gasteiger partial charge in [0.2, 0.25) is 11.8 Å². The van der Waals surface area contributed by atoms with Gasteiger partial charge in [-0.25, -0.2) is 0 Å². The maximum atomic E-state index is 12.4. The summed E-state index contributed by atoms with van der Waals surface area (Å²) in [5.41, 5.74) is 6.45. The third-order valence-corrected chi connectivity index (χ3v) is 4.37. The molecule has 0 radical (unpaired) electrons. The van der Waals surface area contributed by atoms with Crippen LogP contribution in [0.25, 0.3) is 0 Å². The van der Waals surface area contributed by atoms with E-state index in [1.807, 2.05) is 31.2 Å². The van der Waals surface area contributed by atoms with Gasteiger partial charge in [-0.3, -0.25) is 9.59 Å². The fraction of sp³-hybridized carbons (Fsp3) is 0.529. The van der Waals surface area contributed by atoms with Gasteiger partial charge in [-0.2, -0.15) is 0 Å². The van der Waals surface area contributed by atoms with Gasteiger partial charge < -0.3 is 15.4 Å². The van der Waals surface area contributed by atoms with E-state index in [2.05, 4.69) is 0 Å². The Morgan fingerprint density at radius 1 is 1.36 bits per heavy atom. The van der Waals surface area contributed by atoms with Crippen molar-refractivity contribution in [2.45, 2.75) is 38.6 Å². The van der Waals surface area contributed by atoms with Crippen molar-refractivity contribution in [1.82, 2.24) is 4.90 Å². The smallest absolute Gasteiger partial charge is 0.223 e. The fourth-order valence-corrected chi connectivity index (χ4v) is 2.91. The average Bonchev–Trinajstić information content (AvgIpc) is 2.53. The van der Waals surface area contributed by atoms with Crippen LogP contribution in [0, 0.1) is 5.92 Å². The van der Waals surface area contributed by atoms with Crippen molar-refractivity contribution in [3.8, 4) is 5.75 Å². The Labute approximate surface area is 131 Å². The molecule has 0 unspecified atom stereocenters. The molecule has 22 heavy (non-hydrogen) atoms. The largest absolute Gasteiger partial charge is 0.497 e. The highest BCUT2D eigenvalue weighted by molar-refractivity contribution is 5.80. The number of aryl methyl sites for hydroxylation is 1. The quantitative estimate of drug-likeness (QED) is 0.900. The first-order valence-electron chi connectivity index (χ1n) is 7.73. The normalized spacial score (nSPS) is 21.5. The van der Waals surface area contributed by atoms with Crippen molar-refractivity contribution in [3.63, 3.8) is 0 Å². The summed E-state index contributed by atoms with van der Waals surface area (Å²) in [6, 6.07) is 7.91. The molecule has 1 aliphatic rings. The molecule has 2 atom stereocenters. The lowest BCUT2D eigenvalue weighted by Crippen LogP contribution is -2.48. The lowest BCUT2D eigenvalue weighted by Gasteiger charge is -2.37. The summed E-state index contributed by atoms with van der Waals surface area (Å²) in [6.45, 7) is 2.48. The van der Waals surface area contributed by atoms with Crippen LogP contribution in [0.5, 0.6) is 5.75 Å². The van der Waals surface area contributed by atoms with E-state index in [-0.39, 0.29) is 23.8 Å². The lowest BCUT2D eigenvalue weighted by atomic mass is 9.92. The number of amides is 2. The van der Waals surface area contributed by atoms with E-state index < -0.39 is 0 Å². The molecule has 1 saturated heterocycles. The van der Waals surface area contributed by atoms with Gasteiger partial charge in [-0.15, -0.1) is 0 Å². The Bertz CT molecular complexity index is 544. The third kappa shape index (κ3) is 4.00. The molecule has 0 bridgehead atoms. The summed E-state index contributed by atoms with van der Waals surface area (Å²) in [7, 11) is 1.63. The molecular weight excluding hydrogens is 280 g/mol. The standard InChI is InChI=1S/C17H24N2O3/c1-12-6-8-14(17(18)21)11-19(12)16(20)9-7-13-4-3-5-15(10-13)22-2/h3-5,10,12,14H,6-9,11H2,1-2H3,(H2,18,21)/t12-,14+/m0/s1. The van der Waals surface area contributed by atoms with E-state index in [0.29, 0.717) is 19.4 Å². The summed E-state index contributed by atoms with van der Waals surface area (Å²) in [5.74, 6) is 0.362. The number of benzene rings is 1. The van der Waals surface area contributed by atoms with Crippen LogP contribution in [0.1, 0.15) is 31.7 Å². The average molecular weight is 304 g/mol. The van der Waals surface area contributed by atoms with E-state index >= 15 is 0 Å². The molecular formula is C17H24N2O3. The van der Waals surface area contributed by atoms with Crippen LogP contribution < -0.4 is 10.5 Å². The number of hydrogen-bond donors (Lipinski definition) is 1. The zero-order valence-corrected chi connectivity index (χ0v) is 13.2. The molecule has 1 fully saturated rings. The van der Waals surface area contributed by atoms with Crippen LogP contribution >= 0.6 is 0 Å². The van der Waals surface area contributed by atoms with Gasteiger partial charge in [-0.1, -0.05) is 12.1 Å². The molecule has 5 heteroatoms. The number of piperidine rings is 1. The topological polar surface area (TPSA) is 72.6 Å². The highest BCUT2D eigenvalue weighted by Crippen LogP contribution is 2.23. The molecule has 120 valence electrons. The minimum Gasteiger partial charge on any atom is -0.497 e. The number of nitrogens with two attached hydrogens (primary N) is 1. The highest BCUT2D eigenvalue weighted by atomic mass is 16.5. The first kappa shape index (κ1) is 16.3. The van der Waals surface area contributed by atoms with E-state index in [4.69, 9.17) is 10.5 Å². The SMILES string of the molecule is COc1cccc(CCC(=O)N2C[C@H](C(N)=O)CC[C@@H]2C)c1. The first-order chi connectivity index (χ1) is 10.5. The maximum absolute atomic E-state index is 12.4. The Hall–Kier alpha value is -2.04. The van der Waals surface area contributed by atoms with Crippen LogP contribution in [-0.2, 0) is 16.0 Å². The zero-order valence-electron chi connectivity index (χ0n) is 13.2. The fourth-order valence-electron chi connectivity index (χ4n) is 2.91. The number of nitrogens with zero attached hydrogens (tertiary/aromatic N) is 1. The predicted octanol–water partition coefficient (Wildman–Crippen LogP) is 1.74. The number of hydrogen-bond acceptors (Lipinski definition) is 3. The summed E-state index contributed by atoms with van der Waals surface area (Å²) in [5, 5.41) is 0. The van der Waals surface area contributed by atoms with Crippen LogP contribution in [-0.4, -0.2) is 36.4 Å². The lowest BCUT2D eigenvalue weighted by molar-refractivity contribution is -0.137. The number of carbonyl (C=O) groups excluding carboxylic acids is 2. The van der Waals surface area contributed by atoms with Gasteiger partial charge in [0.25, 0.3) is 0 Å². The Morgan fingerprint density at radius 2 is 2.14 bits per heavy atom. The van der Waals surface area contributed by atoms with E-state index in [9.17, 15) is 9.59 Å². The number of methoxy groups -OCH3 is 1. The van der Waals surface area contributed by atoms with E-state index in [1.54, 1.807) is 12.0 Å². The van der Waals surface area contributed by atoms with Crippen molar-refractivity contribution < 1.29 is 14.3 Å². The third-order valence-electron chi connectivity index (χ3n) is 4.37. The summed E-state index contributed by atoms with van der Waals surface area (Å²) in [4.78, 5) is 25.6. The van der Waals surface area contributed by atoms with Gasteiger partial charge in [0.1, 0.15) is 5.75 Å². The molecule has 2 N–H and O–H groups in total. The van der Waals surface area contributed by atoms with Crippen LogP contribution in [0.4, 0.5) is 0 Å². The molecule has 1 aromatic carbocycles. The second-order valence-corrected chi connectivity index (χ2v) is 5.92. The van der Waals surface area contributed by atoms with Gasteiger partial charge >= 0.3 is 0 Å². The molecule has 1 aliphatic heterocycles. The number of primary amides is 1. The first-order valence-corrected chi connectivity index (χ1v) is 7.73. The van der Waals surface area contributed by atoms with Crippen LogP contribution in [0.15, 0.2) is 24.3 Å². The number of ether oxygens (including phenoxy) is 1. The molecule has 0 saturated carbocycles. The summed E-state index contributed by atoms with van der Waals surface area (Å²) >= 11 is 0. The van der Waals surface area contributed by atoms with Gasteiger partial charge in [0.15, 0.2) is 0 Å². The van der Waals surface area contributed by atoms with Gasteiger partial charge in [0.05, 0.1) is 13.0 Å². The Balaban J connectivity index is 1.94. The molecule has 1 aromatic rings. The molecule has 1 heterocycles. The van der Waals surface area contributed by atoms with E-state index in [1.165, 1.54) is 0 Å². The van der Waals surface area contributed by atoms with Gasteiger partial charge in [0, 0.05) is 19.0 Å². The highest BCUT2D eigenvalue weighted by Gasteiger charge is 2.31. The number of carbonyl (C=O) groups is 2. The van der Waals surface area contributed by atoms with E-state index in [0.717, 1.165) is 24.2 Å². The molecule has 5 nitrogen and oxygen atoms in total. The predicted molar refractivity (Wildman–Crippen MR) is 84.4 cm³/mol. The van der Waals surface area contributed by atoms with Crippen molar-refractivity contribution in [1.29, 1.82) is 0 Å². The van der Waals surface area contributed by atoms with Crippen molar-refractivity contribution >= 4 is 11.8 Å². The Kier molecular flexibility index (Phi) is 5.41. The van der Waals surface area contributed by atoms with Gasteiger partial charge in [-0.05, 0) is 43.9 Å². The second kappa shape index (κ2) is 7.29. The minimum absolute atomic E-state index is 0.0845. The molecule has 0 spiro atoms. The minimum atomic E-state index is -0.308. The zero-order chi connectivity index (χ0) is 16.1. The number of rotatable bonds is 5. The maximum Gasteiger partial charge on any atom is 0.223 e. The summed E-state index contributed by atoms with van der Waals surface area (Å²) < 4.78 is 5.19. The Morgan fingerprint density at radius 3 is 2.82 bits per heavy atom. The second-order valence-electron chi connectivity index (χ2n) is 5.92. The monoisotopic (exact) mass is 304 g/mol. The van der Waals surface area contributed by atoms with Crippen LogP contribution in [0.3, 0.4) is 0 Å². The van der Waals surface area contributed by atoms with Crippen molar-refractivity contribution in [2.75, 3.05) is 13.7 Å². The summed E-state index contributed by atoms with van der Waals surface area (Å²) in [6.07, 6.45) is 2.71. The molecule has 0 aromatic heterocycles. The number of likely N-dealkylation sites (tertiary alicyclic amines) is 1. The van der Waals surface area contributed by atoms with Crippen molar-refractivity contribution in [3.05, 3.63) is 29.8 Å². The van der Waals surface area contributed by atoms with Crippen LogP contribution in [0.2, 0.25) is 0 Å². The van der Waals surface area contributed by atoms with Crippen molar-refractivity contribution in [2.24, 2.45) is 11.7 Å². The molecule has 2 amide bonds. The molecule has 2 rings (SSSR count). The molecule has 0 aliphatic carbocycles.